The summed E-state index contributed by atoms with van der Waals surface area (Å²) in [4.78, 5) is 4.09. The van der Waals surface area contributed by atoms with Crippen molar-refractivity contribution in [1.29, 1.82) is 0 Å². The van der Waals surface area contributed by atoms with Crippen molar-refractivity contribution in [3.8, 4) is 0 Å². The van der Waals surface area contributed by atoms with Crippen molar-refractivity contribution in [1.82, 2.24) is 4.98 Å². The van der Waals surface area contributed by atoms with Crippen LogP contribution in [0.1, 0.15) is 13.8 Å². The molecule has 77 valence electrons. The van der Waals surface area contributed by atoms with Gasteiger partial charge in [-0.05, 0) is 5.52 Å². The summed E-state index contributed by atoms with van der Waals surface area (Å²) < 4.78 is 1.05. The number of benzene rings is 1. The summed E-state index contributed by atoms with van der Waals surface area (Å²) >= 11 is 3.38. The van der Waals surface area contributed by atoms with E-state index in [2.05, 4.69) is 27.1 Å². The Hall–Kier alpha value is 0.214. The molecule has 3 heteroatoms. The van der Waals surface area contributed by atoms with Crippen LogP contribution in [0, 0.1) is 12.6 Å². The molecular formula is C12H12BrNY-2. The van der Waals surface area contributed by atoms with E-state index in [0.29, 0.717) is 0 Å². The summed E-state index contributed by atoms with van der Waals surface area (Å²) in [5, 5.41) is 1.15. The minimum Gasteiger partial charge on any atom is -0.386 e. The van der Waals surface area contributed by atoms with Crippen molar-refractivity contribution >= 4 is 26.8 Å². The Bertz CT molecular complexity index is 403. The Kier molecular flexibility index (Phi) is 8.50. The fraction of sp³-hybridized carbons (Fsp3) is 0.167. The van der Waals surface area contributed by atoms with Crippen LogP contribution in [0.3, 0.4) is 0 Å². The largest absolute Gasteiger partial charge is 0.386 e. The molecule has 1 heterocycles. The van der Waals surface area contributed by atoms with E-state index in [1.807, 2.05) is 50.6 Å². The minimum atomic E-state index is 0. The zero-order valence-corrected chi connectivity index (χ0v) is 13.3. The first-order valence-corrected chi connectivity index (χ1v) is 5.23. The topological polar surface area (TPSA) is 12.9 Å². The number of hydrogen-bond donors (Lipinski definition) is 0. The summed E-state index contributed by atoms with van der Waals surface area (Å²) in [5.74, 6) is 0. The van der Waals surface area contributed by atoms with E-state index in [4.69, 9.17) is 0 Å². The van der Waals surface area contributed by atoms with E-state index in [1.165, 1.54) is 0 Å². The number of hydrogen-bond acceptors (Lipinski definition) is 1. The van der Waals surface area contributed by atoms with E-state index in [9.17, 15) is 0 Å². The molecule has 0 bridgehead atoms. The SMILES string of the molecule is Brc1ccc2cc[c-]nc2c1.C[CH-]C.[Y]. The fourth-order valence-electron chi connectivity index (χ4n) is 0.988. The van der Waals surface area contributed by atoms with Crippen molar-refractivity contribution in [2.75, 3.05) is 0 Å². The maximum absolute atomic E-state index is 4.09. The van der Waals surface area contributed by atoms with Gasteiger partial charge in [0, 0.05) is 37.2 Å². The number of rotatable bonds is 0. The van der Waals surface area contributed by atoms with Gasteiger partial charge in [-0.25, -0.2) is 0 Å². The number of halogens is 1. The number of fused-ring (bicyclic) bond motifs is 1. The van der Waals surface area contributed by atoms with Gasteiger partial charge >= 0.3 is 0 Å². The van der Waals surface area contributed by atoms with E-state index >= 15 is 0 Å². The van der Waals surface area contributed by atoms with E-state index in [-0.39, 0.29) is 32.7 Å². The quantitative estimate of drug-likeness (QED) is 0.661. The molecule has 1 radical (unpaired) electrons. The average molecular weight is 339 g/mol. The molecule has 0 spiro atoms. The average Bonchev–Trinajstić information content (AvgIpc) is 2.19. The summed E-state index contributed by atoms with van der Waals surface area (Å²) in [6.07, 6.45) is 4.79. The van der Waals surface area contributed by atoms with Gasteiger partial charge in [0.15, 0.2) is 0 Å². The molecule has 1 aromatic heterocycles. The molecule has 0 aliphatic heterocycles. The molecule has 0 saturated heterocycles. The van der Waals surface area contributed by atoms with Crippen LogP contribution in [0.25, 0.3) is 10.9 Å². The van der Waals surface area contributed by atoms with Crippen molar-refractivity contribution in [2.45, 2.75) is 13.8 Å². The van der Waals surface area contributed by atoms with Crippen LogP contribution in [0.2, 0.25) is 0 Å². The Labute approximate surface area is 125 Å². The van der Waals surface area contributed by atoms with Crippen LogP contribution in [0.15, 0.2) is 34.8 Å². The second kappa shape index (κ2) is 8.38. The van der Waals surface area contributed by atoms with Gasteiger partial charge in [0.2, 0.25) is 0 Å². The van der Waals surface area contributed by atoms with E-state index in [1.54, 1.807) is 0 Å². The Morgan fingerprint density at radius 1 is 1.27 bits per heavy atom. The molecule has 15 heavy (non-hydrogen) atoms. The van der Waals surface area contributed by atoms with Gasteiger partial charge in [0.1, 0.15) is 0 Å². The first-order chi connectivity index (χ1) is 6.77. The van der Waals surface area contributed by atoms with Gasteiger partial charge < -0.3 is 11.4 Å². The maximum Gasteiger partial charge on any atom is 0.00738 e. The third-order valence-electron chi connectivity index (χ3n) is 1.51. The molecule has 0 aliphatic rings. The van der Waals surface area contributed by atoms with Gasteiger partial charge in [-0.3, -0.25) is 0 Å². The van der Waals surface area contributed by atoms with E-state index in [0.717, 1.165) is 15.4 Å². The molecule has 0 unspecified atom stereocenters. The predicted octanol–water partition coefficient (Wildman–Crippen LogP) is 4.03. The molecule has 1 nitrogen and oxygen atoms in total. The summed E-state index contributed by atoms with van der Waals surface area (Å²) in [7, 11) is 0. The number of pyridine rings is 1. The van der Waals surface area contributed by atoms with Crippen LogP contribution in [0.4, 0.5) is 0 Å². The number of nitrogens with zero attached hydrogens (tertiary/aromatic N) is 1. The molecule has 0 atom stereocenters. The van der Waals surface area contributed by atoms with Crippen LogP contribution in [-0.2, 0) is 32.7 Å². The third-order valence-corrected chi connectivity index (χ3v) is 2.01. The van der Waals surface area contributed by atoms with E-state index < -0.39 is 0 Å². The van der Waals surface area contributed by atoms with Crippen molar-refractivity contribution < 1.29 is 32.7 Å². The monoisotopic (exact) mass is 338 g/mol. The molecule has 0 amide bonds. The zero-order chi connectivity index (χ0) is 10.4. The molecule has 2 rings (SSSR count). The second-order valence-electron chi connectivity index (χ2n) is 2.85. The summed E-state index contributed by atoms with van der Waals surface area (Å²) in [6, 6.07) is 9.82. The molecule has 0 saturated carbocycles. The molecular weight excluding hydrogens is 327 g/mol. The van der Waals surface area contributed by atoms with Gasteiger partial charge in [0.25, 0.3) is 0 Å². The van der Waals surface area contributed by atoms with Crippen LogP contribution in [0.5, 0.6) is 0 Å². The summed E-state index contributed by atoms with van der Waals surface area (Å²) in [6.45, 7) is 4.00. The normalized spacial score (nSPS) is 8.73. The Morgan fingerprint density at radius 2 is 1.93 bits per heavy atom. The van der Waals surface area contributed by atoms with Crippen LogP contribution >= 0.6 is 15.9 Å². The first kappa shape index (κ1) is 15.2. The predicted molar refractivity (Wildman–Crippen MR) is 63.9 cm³/mol. The molecule has 1 aromatic carbocycles. The first-order valence-electron chi connectivity index (χ1n) is 4.44. The molecule has 0 N–H and O–H groups in total. The fourth-order valence-corrected chi connectivity index (χ4v) is 1.34. The van der Waals surface area contributed by atoms with Crippen LogP contribution in [-0.4, -0.2) is 4.98 Å². The van der Waals surface area contributed by atoms with Gasteiger partial charge in [-0.15, -0.1) is 5.39 Å². The van der Waals surface area contributed by atoms with Crippen molar-refractivity contribution in [3.05, 3.63) is 47.4 Å². The molecule has 2 aromatic rings. The molecule has 0 aliphatic carbocycles. The van der Waals surface area contributed by atoms with Gasteiger partial charge in [-0.1, -0.05) is 40.3 Å². The molecule has 0 fully saturated rings. The van der Waals surface area contributed by atoms with Crippen molar-refractivity contribution in [2.24, 2.45) is 0 Å². The Morgan fingerprint density at radius 3 is 2.60 bits per heavy atom. The smallest absolute Gasteiger partial charge is 0.00738 e. The van der Waals surface area contributed by atoms with Crippen LogP contribution < -0.4 is 0 Å². The number of aromatic nitrogens is 1. The summed E-state index contributed by atoms with van der Waals surface area (Å²) in [5.41, 5.74) is 0.974. The second-order valence-corrected chi connectivity index (χ2v) is 3.77. The zero-order valence-electron chi connectivity index (χ0n) is 8.87. The van der Waals surface area contributed by atoms with Gasteiger partial charge in [0.05, 0.1) is 0 Å². The minimum absolute atomic E-state index is 0. The third kappa shape index (κ3) is 5.19. The maximum atomic E-state index is 4.09. The Balaban J connectivity index is 0.000000443. The van der Waals surface area contributed by atoms with Crippen molar-refractivity contribution in [3.63, 3.8) is 0 Å². The van der Waals surface area contributed by atoms with Gasteiger partial charge in [-0.2, -0.15) is 26.0 Å². The standard InChI is InChI=1S/C9H5BrN.C3H7.Y/c10-8-4-3-7-2-1-5-11-9(7)6-8;1-3-2;/h1-4,6H;3H,1-2H3;/q2*-1;.